The van der Waals surface area contributed by atoms with E-state index in [2.05, 4.69) is 44.2 Å². The smallest absolute Gasteiger partial charge is 0.125 e. The summed E-state index contributed by atoms with van der Waals surface area (Å²) in [6.07, 6.45) is 4.66. The van der Waals surface area contributed by atoms with Gasteiger partial charge in [0.25, 0.3) is 0 Å². The van der Waals surface area contributed by atoms with Crippen LogP contribution in [0.25, 0.3) is 11.5 Å². The topological polar surface area (TPSA) is 35.3 Å². The normalized spacial score (nSPS) is 20.2. The van der Waals surface area contributed by atoms with Gasteiger partial charge in [-0.25, -0.2) is 0 Å². The van der Waals surface area contributed by atoms with Crippen molar-refractivity contribution in [2.45, 2.75) is 46.1 Å². The number of oxazole rings is 1. The Morgan fingerprint density at radius 2 is 2.10 bits per heavy atom. The van der Waals surface area contributed by atoms with E-state index in [1.54, 1.807) is 0 Å². The Morgan fingerprint density at radius 3 is 2.70 bits per heavy atom. The zero-order valence-electron chi connectivity index (χ0n) is 12.2. The molecule has 1 atom stereocenters. The molecule has 1 unspecified atom stereocenters. The molecule has 1 aliphatic heterocycles. The van der Waals surface area contributed by atoms with Gasteiger partial charge in [0.2, 0.25) is 0 Å². The monoisotopic (exact) mass is 440 g/mol. The summed E-state index contributed by atoms with van der Waals surface area (Å²) in [4.78, 5) is 4.38. The van der Waals surface area contributed by atoms with E-state index in [1.807, 2.05) is 6.92 Å². The van der Waals surface area contributed by atoms with Crippen LogP contribution in [0.5, 0.6) is 5.75 Å². The van der Waals surface area contributed by atoms with Crippen molar-refractivity contribution >= 4 is 0 Å². The SMILES string of the molecule is CCC1(C)Cc2c(-c3nc(C)[c-]o3)ccc(C)c2O1.[W]. The van der Waals surface area contributed by atoms with Gasteiger partial charge in [-0.3, -0.25) is 0 Å². The van der Waals surface area contributed by atoms with E-state index < -0.39 is 0 Å². The van der Waals surface area contributed by atoms with Gasteiger partial charge in [0, 0.05) is 27.5 Å². The van der Waals surface area contributed by atoms with E-state index >= 15 is 0 Å². The van der Waals surface area contributed by atoms with E-state index in [9.17, 15) is 0 Å². The fourth-order valence-corrected chi connectivity index (χ4v) is 2.55. The maximum absolute atomic E-state index is 6.16. The molecule has 2 aromatic rings. The summed E-state index contributed by atoms with van der Waals surface area (Å²) >= 11 is 0. The quantitative estimate of drug-likeness (QED) is 0.666. The second kappa shape index (κ2) is 5.37. The molecule has 0 bridgehead atoms. The van der Waals surface area contributed by atoms with Crippen LogP contribution in [0.4, 0.5) is 0 Å². The van der Waals surface area contributed by atoms with Crippen molar-refractivity contribution in [3.63, 3.8) is 0 Å². The van der Waals surface area contributed by atoms with Gasteiger partial charge in [-0.2, -0.15) is 0 Å². The molecule has 1 aromatic carbocycles. The van der Waals surface area contributed by atoms with E-state index in [0.29, 0.717) is 5.89 Å². The molecule has 1 aliphatic rings. The largest absolute Gasteiger partial charge is 0.627 e. The third kappa shape index (κ3) is 2.44. The summed E-state index contributed by atoms with van der Waals surface area (Å²) in [5.74, 6) is 1.63. The van der Waals surface area contributed by atoms with Gasteiger partial charge in [-0.1, -0.05) is 25.3 Å². The number of hydrogen-bond acceptors (Lipinski definition) is 3. The first-order valence-corrected chi connectivity index (χ1v) is 6.69. The molecular formula is C16H18NO2W-. The Labute approximate surface area is 134 Å². The number of hydrogen-bond donors (Lipinski definition) is 0. The molecule has 2 heterocycles. The van der Waals surface area contributed by atoms with Crippen LogP contribution in [-0.2, 0) is 27.5 Å². The molecule has 4 heteroatoms. The average molecular weight is 440 g/mol. The predicted octanol–water partition coefficient (Wildman–Crippen LogP) is 3.86. The second-order valence-electron chi connectivity index (χ2n) is 5.53. The molecule has 3 rings (SSSR count). The van der Waals surface area contributed by atoms with Gasteiger partial charge in [0.05, 0.1) is 5.89 Å². The van der Waals surface area contributed by atoms with Crippen molar-refractivity contribution in [2.75, 3.05) is 0 Å². The van der Waals surface area contributed by atoms with E-state index in [1.165, 1.54) is 11.1 Å². The van der Waals surface area contributed by atoms with Crippen LogP contribution in [-0.4, -0.2) is 10.6 Å². The van der Waals surface area contributed by atoms with Crippen LogP contribution in [0.1, 0.15) is 37.1 Å². The summed E-state index contributed by atoms with van der Waals surface area (Å²) in [5.41, 5.74) is 4.07. The standard InChI is InChI=1S/C16H18NO2.W/c1-5-16(4)8-13-12(15-17-11(3)9-18-15)7-6-10(2)14(13)19-16;/h6-7H,5,8H2,1-4H3;/q-1;. The molecule has 0 amide bonds. The second-order valence-corrected chi connectivity index (χ2v) is 5.53. The van der Waals surface area contributed by atoms with Gasteiger partial charge in [-0.05, 0) is 49.6 Å². The number of benzene rings is 1. The van der Waals surface area contributed by atoms with Crippen LogP contribution in [0.3, 0.4) is 0 Å². The van der Waals surface area contributed by atoms with E-state index in [4.69, 9.17) is 9.15 Å². The first-order valence-electron chi connectivity index (χ1n) is 6.69. The number of aryl methyl sites for hydroxylation is 2. The Hall–Kier alpha value is -1.08. The third-order valence-corrected chi connectivity index (χ3v) is 3.90. The third-order valence-electron chi connectivity index (χ3n) is 3.90. The van der Waals surface area contributed by atoms with Crippen molar-refractivity contribution < 1.29 is 30.2 Å². The first-order chi connectivity index (χ1) is 9.02. The zero-order chi connectivity index (χ0) is 13.6. The molecule has 0 saturated carbocycles. The molecule has 0 spiro atoms. The minimum atomic E-state index is -0.117. The van der Waals surface area contributed by atoms with Crippen molar-refractivity contribution in [1.82, 2.24) is 4.98 Å². The Kier molecular flexibility index (Phi) is 4.11. The first kappa shape index (κ1) is 15.3. The fourth-order valence-electron chi connectivity index (χ4n) is 2.55. The number of aromatic nitrogens is 1. The summed E-state index contributed by atoms with van der Waals surface area (Å²) in [6.45, 7) is 8.28. The zero-order valence-corrected chi connectivity index (χ0v) is 15.2. The predicted molar refractivity (Wildman–Crippen MR) is 73.3 cm³/mol. The van der Waals surface area contributed by atoms with Crippen LogP contribution in [0.2, 0.25) is 0 Å². The van der Waals surface area contributed by atoms with Crippen molar-refractivity contribution in [3.8, 4) is 17.2 Å². The summed E-state index contributed by atoms with van der Waals surface area (Å²) in [6, 6.07) is 4.13. The van der Waals surface area contributed by atoms with Crippen molar-refractivity contribution in [3.05, 3.63) is 35.2 Å². The number of fused-ring (bicyclic) bond motifs is 1. The average Bonchev–Trinajstić information content (AvgIpc) is 2.95. The summed E-state index contributed by atoms with van der Waals surface area (Å²) in [7, 11) is 0. The molecule has 0 radical (unpaired) electrons. The minimum absolute atomic E-state index is 0. The maximum Gasteiger partial charge on any atom is 0.125 e. The van der Waals surface area contributed by atoms with Gasteiger partial charge < -0.3 is 14.1 Å². The Morgan fingerprint density at radius 1 is 1.35 bits per heavy atom. The minimum Gasteiger partial charge on any atom is -0.627 e. The van der Waals surface area contributed by atoms with Crippen LogP contribution < -0.4 is 4.74 Å². The molecule has 1 aromatic heterocycles. The summed E-state index contributed by atoms with van der Waals surface area (Å²) < 4.78 is 11.6. The molecule has 106 valence electrons. The van der Waals surface area contributed by atoms with E-state index in [0.717, 1.165) is 29.8 Å². The fraction of sp³-hybridized carbons (Fsp3) is 0.438. The van der Waals surface area contributed by atoms with E-state index in [-0.39, 0.29) is 26.7 Å². The number of nitrogens with zero attached hydrogens (tertiary/aromatic N) is 1. The molecule has 0 saturated heterocycles. The van der Waals surface area contributed by atoms with Crippen molar-refractivity contribution in [2.24, 2.45) is 0 Å². The van der Waals surface area contributed by atoms with Crippen LogP contribution in [0, 0.1) is 20.1 Å². The van der Waals surface area contributed by atoms with Gasteiger partial charge in [-0.15, -0.1) is 0 Å². The molecule has 0 N–H and O–H groups in total. The molecule has 20 heavy (non-hydrogen) atoms. The van der Waals surface area contributed by atoms with Gasteiger partial charge in [0.1, 0.15) is 11.4 Å². The Bertz CT molecular complexity index is 635. The van der Waals surface area contributed by atoms with Gasteiger partial charge in [0.15, 0.2) is 0 Å². The number of ether oxygens (including phenoxy) is 1. The molecule has 3 nitrogen and oxygen atoms in total. The van der Waals surface area contributed by atoms with Crippen LogP contribution >= 0.6 is 0 Å². The number of rotatable bonds is 2. The Balaban J connectivity index is 0.00000147. The molecule has 0 fully saturated rings. The van der Waals surface area contributed by atoms with Crippen molar-refractivity contribution in [1.29, 1.82) is 0 Å². The maximum atomic E-state index is 6.16. The molecular weight excluding hydrogens is 422 g/mol. The van der Waals surface area contributed by atoms with Crippen LogP contribution in [0.15, 0.2) is 16.5 Å². The molecule has 0 aliphatic carbocycles. The van der Waals surface area contributed by atoms with Gasteiger partial charge >= 0.3 is 0 Å². The summed E-state index contributed by atoms with van der Waals surface area (Å²) in [5, 5.41) is 0.